The van der Waals surface area contributed by atoms with Crippen LogP contribution in [0.4, 0.5) is 4.39 Å². The molecular formula is C14H19BrFN3O2S. The van der Waals surface area contributed by atoms with Gasteiger partial charge in [0.05, 0.1) is 0 Å². The van der Waals surface area contributed by atoms with Gasteiger partial charge >= 0.3 is 0 Å². The molecule has 1 atom stereocenters. The number of piperazine rings is 1. The van der Waals surface area contributed by atoms with Crippen LogP contribution in [0.25, 0.3) is 0 Å². The van der Waals surface area contributed by atoms with Crippen LogP contribution >= 0.6 is 15.9 Å². The Morgan fingerprint density at radius 3 is 2.64 bits per heavy atom. The molecule has 0 aliphatic carbocycles. The third-order valence-electron chi connectivity index (χ3n) is 4.31. The normalized spacial score (nSPS) is 24.7. The first-order valence-electron chi connectivity index (χ1n) is 7.38. The monoisotopic (exact) mass is 391 g/mol. The molecule has 1 N–H and O–H groups in total. The second-order valence-electron chi connectivity index (χ2n) is 5.67. The van der Waals surface area contributed by atoms with Crippen LogP contribution in [0, 0.1) is 5.82 Å². The molecule has 1 unspecified atom stereocenters. The summed E-state index contributed by atoms with van der Waals surface area (Å²) >= 11 is 3.15. The molecule has 0 aromatic heterocycles. The highest BCUT2D eigenvalue weighted by molar-refractivity contribution is 9.10. The third-order valence-corrected chi connectivity index (χ3v) is 6.70. The molecule has 0 bridgehead atoms. The number of sulfonamides is 1. The Hall–Kier alpha value is -0.540. The van der Waals surface area contributed by atoms with E-state index in [0.29, 0.717) is 17.6 Å². The first-order valence-corrected chi connectivity index (χ1v) is 9.62. The molecule has 1 aromatic rings. The summed E-state index contributed by atoms with van der Waals surface area (Å²) in [6.07, 6.45) is 0.803. The molecular weight excluding hydrogens is 373 g/mol. The van der Waals surface area contributed by atoms with Crippen molar-refractivity contribution in [2.24, 2.45) is 0 Å². The van der Waals surface area contributed by atoms with E-state index in [0.717, 1.165) is 32.6 Å². The van der Waals surface area contributed by atoms with Crippen LogP contribution < -0.4 is 5.32 Å². The van der Waals surface area contributed by atoms with Gasteiger partial charge in [0.1, 0.15) is 10.7 Å². The average Bonchev–Trinajstić information content (AvgIpc) is 2.98. The summed E-state index contributed by atoms with van der Waals surface area (Å²) in [4.78, 5) is 2.08. The molecule has 2 aliphatic rings. The van der Waals surface area contributed by atoms with Crippen LogP contribution in [0.15, 0.2) is 27.6 Å². The average molecular weight is 392 g/mol. The smallest absolute Gasteiger partial charge is 0.246 e. The second-order valence-corrected chi connectivity index (χ2v) is 8.49. The Morgan fingerprint density at radius 2 is 1.95 bits per heavy atom. The molecule has 2 fully saturated rings. The minimum Gasteiger partial charge on any atom is -0.314 e. The topological polar surface area (TPSA) is 52.7 Å². The van der Waals surface area contributed by atoms with Crippen LogP contribution in [0.2, 0.25) is 0 Å². The fourth-order valence-corrected chi connectivity index (χ4v) is 4.97. The number of halogens is 2. The van der Waals surface area contributed by atoms with Gasteiger partial charge in [-0.2, -0.15) is 4.31 Å². The second kappa shape index (κ2) is 6.52. The van der Waals surface area contributed by atoms with Crippen molar-refractivity contribution in [1.29, 1.82) is 0 Å². The minimum absolute atomic E-state index is 0.232. The van der Waals surface area contributed by atoms with E-state index in [9.17, 15) is 12.8 Å². The van der Waals surface area contributed by atoms with E-state index < -0.39 is 15.8 Å². The van der Waals surface area contributed by atoms with E-state index in [2.05, 4.69) is 26.1 Å². The lowest BCUT2D eigenvalue weighted by molar-refractivity contribution is 0.179. The van der Waals surface area contributed by atoms with E-state index in [4.69, 9.17) is 0 Å². The molecule has 3 rings (SSSR count). The highest BCUT2D eigenvalue weighted by Crippen LogP contribution is 2.27. The first kappa shape index (κ1) is 16.3. The summed E-state index contributed by atoms with van der Waals surface area (Å²) < 4.78 is 41.2. The van der Waals surface area contributed by atoms with Crippen LogP contribution in [-0.4, -0.2) is 62.9 Å². The van der Waals surface area contributed by atoms with Gasteiger partial charge in [-0.3, -0.25) is 4.90 Å². The van der Waals surface area contributed by atoms with Crippen molar-refractivity contribution in [3.8, 4) is 0 Å². The van der Waals surface area contributed by atoms with E-state index in [1.54, 1.807) is 6.07 Å². The van der Waals surface area contributed by atoms with Crippen molar-refractivity contribution in [2.75, 3.05) is 39.3 Å². The summed E-state index contributed by atoms with van der Waals surface area (Å²) in [6, 6.07) is 4.30. The third kappa shape index (κ3) is 3.21. The van der Waals surface area contributed by atoms with Gasteiger partial charge in [0.2, 0.25) is 10.0 Å². The molecule has 0 spiro atoms. The first-order chi connectivity index (χ1) is 10.5. The van der Waals surface area contributed by atoms with Gasteiger partial charge in [-0.1, -0.05) is 15.9 Å². The van der Waals surface area contributed by atoms with Crippen LogP contribution in [0.3, 0.4) is 0 Å². The van der Waals surface area contributed by atoms with Crippen molar-refractivity contribution in [1.82, 2.24) is 14.5 Å². The molecule has 0 saturated carbocycles. The summed E-state index contributed by atoms with van der Waals surface area (Å²) in [5.74, 6) is -0.708. The molecule has 0 amide bonds. The standard InChI is InChI=1S/C14H19BrFN3O2S/c15-11-1-2-14(13(16)9-11)22(20,21)19-6-3-12(10-19)18-7-4-17-5-8-18/h1-2,9,12,17H,3-8,10H2. The summed E-state index contributed by atoms with van der Waals surface area (Å²) in [7, 11) is -3.76. The van der Waals surface area contributed by atoms with Crippen molar-refractivity contribution in [2.45, 2.75) is 17.4 Å². The highest BCUT2D eigenvalue weighted by Gasteiger charge is 2.36. The molecule has 5 nitrogen and oxygen atoms in total. The number of rotatable bonds is 3. The van der Waals surface area contributed by atoms with Gasteiger partial charge in [0.25, 0.3) is 0 Å². The number of hydrogen-bond acceptors (Lipinski definition) is 4. The Bertz CT molecular complexity index is 649. The largest absolute Gasteiger partial charge is 0.314 e. The lowest BCUT2D eigenvalue weighted by Crippen LogP contribution is -2.49. The Kier molecular flexibility index (Phi) is 4.84. The maximum atomic E-state index is 14.0. The number of benzene rings is 1. The van der Waals surface area contributed by atoms with E-state index in [1.165, 1.54) is 16.4 Å². The Morgan fingerprint density at radius 1 is 1.23 bits per heavy atom. The van der Waals surface area contributed by atoms with Gasteiger partial charge in [-0.15, -0.1) is 0 Å². The lowest BCUT2D eigenvalue weighted by atomic mass is 10.2. The van der Waals surface area contributed by atoms with Gasteiger partial charge < -0.3 is 5.32 Å². The van der Waals surface area contributed by atoms with Crippen molar-refractivity contribution < 1.29 is 12.8 Å². The molecule has 0 radical (unpaired) electrons. The minimum atomic E-state index is -3.76. The molecule has 2 saturated heterocycles. The van der Waals surface area contributed by atoms with Crippen molar-refractivity contribution >= 4 is 26.0 Å². The predicted octanol–water partition coefficient (Wildman–Crippen LogP) is 1.26. The van der Waals surface area contributed by atoms with Crippen LogP contribution in [0.5, 0.6) is 0 Å². The van der Waals surface area contributed by atoms with E-state index in [1.807, 2.05) is 0 Å². The zero-order valence-corrected chi connectivity index (χ0v) is 14.5. The SMILES string of the molecule is O=S(=O)(c1ccc(Br)cc1F)N1CCC(N2CCNCC2)C1. The summed E-state index contributed by atoms with van der Waals surface area (Å²) in [5, 5.41) is 3.29. The molecule has 1 aromatic carbocycles. The number of nitrogens with one attached hydrogen (secondary N) is 1. The van der Waals surface area contributed by atoms with Gasteiger partial charge in [-0.25, -0.2) is 12.8 Å². The molecule has 22 heavy (non-hydrogen) atoms. The van der Waals surface area contributed by atoms with Gasteiger partial charge in [-0.05, 0) is 24.6 Å². The molecule has 2 aliphatic heterocycles. The maximum absolute atomic E-state index is 14.0. The molecule has 2 heterocycles. The van der Waals surface area contributed by atoms with E-state index in [-0.39, 0.29) is 10.9 Å². The van der Waals surface area contributed by atoms with Gasteiger partial charge in [0, 0.05) is 49.8 Å². The lowest BCUT2D eigenvalue weighted by Gasteiger charge is -2.32. The van der Waals surface area contributed by atoms with Crippen LogP contribution in [-0.2, 0) is 10.0 Å². The van der Waals surface area contributed by atoms with E-state index >= 15 is 0 Å². The zero-order chi connectivity index (χ0) is 15.7. The number of nitrogens with zero attached hydrogens (tertiary/aromatic N) is 2. The fourth-order valence-electron chi connectivity index (χ4n) is 3.10. The maximum Gasteiger partial charge on any atom is 0.246 e. The fraction of sp³-hybridized carbons (Fsp3) is 0.571. The predicted molar refractivity (Wildman–Crippen MR) is 85.7 cm³/mol. The molecule has 122 valence electrons. The highest BCUT2D eigenvalue weighted by atomic mass is 79.9. The number of hydrogen-bond donors (Lipinski definition) is 1. The Balaban J connectivity index is 1.76. The Labute approximate surface area is 138 Å². The summed E-state index contributed by atoms with van der Waals surface area (Å²) in [6.45, 7) is 4.63. The molecule has 8 heteroatoms. The quantitative estimate of drug-likeness (QED) is 0.842. The van der Waals surface area contributed by atoms with Crippen molar-refractivity contribution in [3.63, 3.8) is 0 Å². The zero-order valence-electron chi connectivity index (χ0n) is 12.1. The van der Waals surface area contributed by atoms with Crippen LogP contribution in [0.1, 0.15) is 6.42 Å². The van der Waals surface area contributed by atoms with Crippen molar-refractivity contribution in [3.05, 3.63) is 28.5 Å². The summed E-state index contributed by atoms with van der Waals surface area (Å²) in [5.41, 5.74) is 0. The van der Waals surface area contributed by atoms with Gasteiger partial charge in [0.15, 0.2) is 0 Å².